The summed E-state index contributed by atoms with van der Waals surface area (Å²) < 4.78 is 0. The number of nitrogens with one attached hydrogen (secondary N) is 2. The number of aliphatic hydroxyl groups excluding tert-OH is 4. The summed E-state index contributed by atoms with van der Waals surface area (Å²) in [5, 5.41) is 34.3. The molecule has 0 rings (SSSR count). The maximum Gasteiger partial charge on any atom is 2.00 e. The second-order valence-corrected chi connectivity index (χ2v) is 4.37. The van der Waals surface area contributed by atoms with E-state index in [2.05, 4.69) is 0 Å². The number of hydrogen-bond donors (Lipinski definition) is 4. The van der Waals surface area contributed by atoms with Gasteiger partial charge in [0.05, 0.1) is 24.4 Å². The van der Waals surface area contributed by atoms with Gasteiger partial charge in [0.25, 0.3) is 0 Å². The molecule has 0 aliphatic carbocycles. The van der Waals surface area contributed by atoms with Crippen molar-refractivity contribution in [1.82, 2.24) is 0 Å². The number of aliphatic hydroxyl groups is 4. The fraction of sp³-hybridized carbons (Fsp3) is 1.00. The fourth-order valence-corrected chi connectivity index (χ4v) is 0.987. The Bertz CT molecular complexity index is 120. The molecule has 0 aliphatic heterocycles. The van der Waals surface area contributed by atoms with Gasteiger partial charge in [-0.3, -0.25) is 0 Å². The van der Waals surface area contributed by atoms with Crippen molar-refractivity contribution in [2.45, 2.75) is 65.0 Å². The third-order valence-electron chi connectivity index (χ3n) is 1.49. The Balaban J connectivity index is -0.0000000900. The predicted octanol–water partition coefficient (Wildman–Crippen LogP) is 1.36. The Morgan fingerprint density at radius 2 is 0.789 bits per heavy atom. The van der Waals surface area contributed by atoms with Crippen LogP contribution in [0.25, 0.3) is 11.5 Å². The average molecular weight is 325 g/mol. The van der Waals surface area contributed by atoms with E-state index in [1.54, 1.807) is 27.7 Å². The van der Waals surface area contributed by atoms with Crippen molar-refractivity contribution in [3.05, 3.63) is 11.5 Å². The molecule has 0 aromatic carbocycles. The monoisotopic (exact) mass is 324 g/mol. The van der Waals surface area contributed by atoms with Crippen LogP contribution in [-0.2, 0) is 16.5 Å². The van der Waals surface area contributed by atoms with Crippen molar-refractivity contribution >= 4 is 0 Å². The van der Waals surface area contributed by atoms with E-state index >= 15 is 0 Å². The van der Waals surface area contributed by atoms with E-state index in [0.29, 0.717) is 12.8 Å². The third kappa shape index (κ3) is 56.3. The van der Waals surface area contributed by atoms with E-state index < -0.39 is 0 Å². The minimum atomic E-state index is -0.375. The van der Waals surface area contributed by atoms with Gasteiger partial charge in [0.2, 0.25) is 0 Å². The topological polar surface area (TPSA) is 129 Å². The van der Waals surface area contributed by atoms with Crippen LogP contribution in [0.5, 0.6) is 0 Å². The van der Waals surface area contributed by atoms with Crippen molar-refractivity contribution in [1.29, 1.82) is 0 Å². The van der Waals surface area contributed by atoms with Gasteiger partial charge in [-0.15, -0.1) is 0 Å². The van der Waals surface area contributed by atoms with Gasteiger partial charge >= 0.3 is 16.5 Å². The number of rotatable bonds is 5. The summed E-state index contributed by atoms with van der Waals surface area (Å²) in [6, 6.07) is 0. The molecular formula is C12H30N2NiO4. The van der Waals surface area contributed by atoms with Gasteiger partial charge in [0, 0.05) is 0 Å². The second kappa shape index (κ2) is 20.6. The minimum Gasteiger partial charge on any atom is -0.679 e. The van der Waals surface area contributed by atoms with Crippen LogP contribution in [0.15, 0.2) is 0 Å². The maximum absolute atomic E-state index is 8.56. The largest absolute Gasteiger partial charge is 2.00 e. The van der Waals surface area contributed by atoms with Gasteiger partial charge in [-0.05, 0) is 40.5 Å². The molecule has 4 unspecified atom stereocenters. The molecule has 0 radical (unpaired) electrons. The van der Waals surface area contributed by atoms with Gasteiger partial charge in [0.1, 0.15) is 0 Å². The molecule has 0 bridgehead atoms. The molecule has 4 atom stereocenters. The zero-order chi connectivity index (χ0) is 15.1. The summed E-state index contributed by atoms with van der Waals surface area (Å²) in [6.07, 6.45) is -0.556. The molecular weight excluding hydrogens is 295 g/mol. The van der Waals surface area contributed by atoms with Crippen LogP contribution in [0.3, 0.4) is 0 Å². The van der Waals surface area contributed by atoms with Gasteiger partial charge in [-0.1, -0.05) is 0 Å². The summed E-state index contributed by atoms with van der Waals surface area (Å²) in [6.45, 7) is 7.11. The summed E-state index contributed by atoms with van der Waals surface area (Å²) >= 11 is 0. The quantitative estimate of drug-likeness (QED) is 0.569. The van der Waals surface area contributed by atoms with Crippen molar-refractivity contribution in [2.24, 2.45) is 0 Å². The SMILES string of the molecule is CC(O)CC(C)O.CC(O)CC(C)O.[NH-]CC[NH-].[Ni+2]. The summed E-state index contributed by atoms with van der Waals surface area (Å²) in [7, 11) is 0. The Morgan fingerprint density at radius 1 is 0.632 bits per heavy atom. The van der Waals surface area contributed by atoms with Crippen LogP contribution in [0.2, 0.25) is 0 Å². The van der Waals surface area contributed by atoms with Crippen LogP contribution in [0.1, 0.15) is 40.5 Å². The Kier molecular flexibility index (Phi) is 29.8. The van der Waals surface area contributed by atoms with Crippen LogP contribution in [0, 0.1) is 0 Å². The molecule has 0 aromatic heterocycles. The Morgan fingerprint density at radius 3 is 0.789 bits per heavy atom. The van der Waals surface area contributed by atoms with Gasteiger partial charge in [-0.2, -0.15) is 13.1 Å². The van der Waals surface area contributed by atoms with E-state index in [9.17, 15) is 0 Å². The molecule has 0 spiro atoms. The molecule has 0 aromatic rings. The summed E-state index contributed by atoms with van der Waals surface area (Å²) in [5.41, 5.74) is 12.5. The first kappa shape index (κ1) is 27.6. The molecule has 0 saturated heterocycles. The normalized spacial score (nSPS) is 15.5. The first-order valence-electron chi connectivity index (χ1n) is 6.18. The smallest absolute Gasteiger partial charge is 0.679 e. The van der Waals surface area contributed by atoms with E-state index in [0.717, 1.165) is 0 Å². The van der Waals surface area contributed by atoms with Crippen LogP contribution in [-0.4, -0.2) is 57.9 Å². The van der Waals surface area contributed by atoms with Crippen LogP contribution >= 0.6 is 0 Å². The van der Waals surface area contributed by atoms with E-state index in [1.165, 1.54) is 0 Å². The first-order valence-corrected chi connectivity index (χ1v) is 6.18. The summed E-state index contributed by atoms with van der Waals surface area (Å²) in [5.74, 6) is 0. The molecule has 19 heavy (non-hydrogen) atoms. The molecule has 122 valence electrons. The van der Waals surface area contributed by atoms with E-state index in [-0.39, 0.29) is 54.0 Å². The molecule has 0 amide bonds. The van der Waals surface area contributed by atoms with Crippen molar-refractivity contribution in [2.75, 3.05) is 13.1 Å². The number of hydrogen-bond acceptors (Lipinski definition) is 4. The standard InChI is InChI=1S/2C5H12O2.C2H6N2.Ni/c2*1-4(6)3-5(2)7;3-1-2-4;/h2*4-7H,3H2,1-2H3;3-4H,1-2H2;/q;;-2;+2. The Labute approximate surface area is 127 Å². The van der Waals surface area contributed by atoms with E-state index in [1.807, 2.05) is 0 Å². The van der Waals surface area contributed by atoms with Crippen molar-refractivity contribution < 1.29 is 36.9 Å². The van der Waals surface area contributed by atoms with Gasteiger partial charge in [0.15, 0.2) is 0 Å². The van der Waals surface area contributed by atoms with Crippen molar-refractivity contribution in [3.63, 3.8) is 0 Å². The molecule has 6 N–H and O–H groups in total. The second-order valence-electron chi connectivity index (χ2n) is 4.37. The molecule has 0 fully saturated rings. The predicted molar refractivity (Wildman–Crippen MR) is 74.3 cm³/mol. The zero-order valence-electron chi connectivity index (χ0n) is 12.2. The third-order valence-corrected chi connectivity index (χ3v) is 1.49. The average Bonchev–Trinajstić information content (AvgIpc) is 2.14. The Hall–Kier alpha value is 0.254. The van der Waals surface area contributed by atoms with Gasteiger partial charge in [-0.25, -0.2) is 0 Å². The van der Waals surface area contributed by atoms with E-state index in [4.69, 9.17) is 31.9 Å². The first-order chi connectivity index (χ1) is 8.17. The zero-order valence-corrected chi connectivity index (χ0v) is 13.2. The molecule has 7 heteroatoms. The van der Waals surface area contributed by atoms with Crippen LogP contribution in [0.4, 0.5) is 0 Å². The molecule has 6 nitrogen and oxygen atoms in total. The summed E-state index contributed by atoms with van der Waals surface area (Å²) in [4.78, 5) is 0. The molecule has 0 heterocycles. The van der Waals surface area contributed by atoms with Crippen molar-refractivity contribution in [3.8, 4) is 0 Å². The molecule has 0 saturated carbocycles. The fourth-order valence-electron chi connectivity index (χ4n) is 0.987. The van der Waals surface area contributed by atoms with Gasteiger partial charge < -0.3 is 31.9 Å². The maximum atomic E-state index is 8.56. The van der Waals surface area contributed by atoms with Crippen LogP contribution < -0.4 is 0 Å². The molecule has 0 aliphatic rings. The minimum absolute atomic E-state index is 0.